The van der Waals surface area contributed by atoms with Crippen LogP contribution in [0.2, 0.25) is 5.02 Å². The van der Waals surface area contributed by atoms with Crippen LogP contribution >= 0.6 is 22.9 Å². The van der Waals surface area contributed by atoms with E-state index in [1.54, 1.807) is 25.4 Å². The molecule has 0 fully saturated rings. The summed E-state index contributed by atoms with van der Waals surface area (Å²) in [6.45, 7) is 3.32. The molecule has 0 spiro atoms. The average molecular weight is 427 g/mol. The number of aromatic nitrogens is 1. The fourth-order valence-corrected chi connectivity index (χ4v) is 3.03. The van der Waals surface area contributed by atoms with Gasteiger partial charge in [0.15, 0.2) is 5.13 Å². The van der Waals surface area contributed by atoms with Crippen molar-refractivity contribution in [3.8, 4) is 0 Å². The second kappa shape index (κ2) is 10.1. The number of rotatable bonds is 8. The first kappa shape index (κ1) is 21.8. The van der Waals surface area contributed by atoms with E-state index in [1.165, 1.54) is 28.4 Å². The monoisotopic (exact) mass is 426 g/mol. The summed E-state index contributed by atoms with van der Waals surface area (Å²) in [5, 5.41) is 7.27. The molecule has 0 saturated heterocycles. The molecule has 0 saturated carbocycles. The molecule has 1 heterocycles. The van der Waals surface area contributed by atoms with Crippen molar-refractivity contribution in [1.82, 2.24) is 10.3 Å². The van der Waals surface area contributed by atoms with Gasteiger partial charge in [0.05, 0.1) is 5.02 Å². The van der Waals surface area contributed by atoms with Crippen LogP contribution in [0.25, 0.3) is 0 Å². The molecular formula is C18H20ClFN4O3S. The number of thiazole rings is 1. The summed E-state index contributed by atoms with van der Waals surface area (Å²) in [7, 11) is 0. The lowest BCUT2D eigenvalue weighted by atomic mass is 10.2. The Hall–Kier alpha value is -2.52. The number of hydrogen-bond donors (Lipinski definition) is 2. The maximum atomic E-state index is 13.5. The van der Waals surface area contributed by atoms with E-state index in [2.05, 4.69) is 15.6 Å². The molecular weight excluding hydrogens is 407 g/mol. The first-order chi connectivity index (χ1) is 13.3. The maximum Gasteiger partial charge on any atom is 0.240 e. The normalized spacial score (nSPS) is 10.6. The first-order valence-electron chi connectivity index (χ1n) is 8.50. The molecule has 2 rings (SSSR count). The van der Waals surface area contributed by atoms with Crippen molar-refractivity contribution in [2.24, 2.45) is 0 Å². The van der Waals surface area contributed by atoms with Gasteiger partial charge in [-0.3, -0.25) is 14.4 Å². The fourth-order valence-electron chi connectivity index (χ4n) is 2.31. The van der Waals surface area contributed by atoms with E-state index >= 15 is 0 Å². The number of benzene rings is 1. The van der Waals surface area contributed by atoms with Gasteiger partial charge in [-0.2, -0.15) is 0 Å². The van der Waals surface area contributed by atoms with Crippen molar-refractivity contribution in [3.63, 3.8) is 0 Å². The van der Waals surface area contributed by atoms with Crippen LogP contribution in [-0.2, 0) is 14.4 Å². The minimum Gasteiger partial charge on any atom is -0.352 e. The van der Waals surface area contributed by atoms with Crippen LogP contribution in [0.1, 0.15) is 26.7 Å². The quantitative estimate of drug-likeness (QED) is 0.678. The molecule has 7 nitrogen and oxygen atoms in total. The highest BCUT2D eigenvalue weighted by atomic mass is 35.5. The third kappa shape index (κ3) is 6.58. The Morgan fingerprint density at radius 3 is 2.61 bits per heavy atom. The lowest BCUT2D eigenvalue weighted by Gasteiger charge is -2.23. The van der Waals surface area contributed by atoms with Gasteiger partial charge in [-0.25, -0.2) is 9.37 Å². The van der Waals surface area contributed by atoms with Crippen LogP contribution < -0.4 is 15.5 Å². The average Bonchev–Trinajstić information content (AvgIpc) is 3.12. The molecule has 1 aromatic carbocycles. The topological polar surface area (TPSA) is 91.4 Å². The van der Waals surface area contributed by atoms with Gasteiger partial charge in [0.2, 0.25) is 17.7 Å². The zero-order valence-electron chi connectivity index (χ0n) is 15.4. The molecule has 0 unspecified atom stereocenters. The van der Waals surface area contributed by atoms with E-state index in [-0.39, 0.29) is 48.0 Å². The Labute approximate surface area is 170 Å². The zero-order valence-corrected chi connectivity index (χ0v) is 16.9. The van der Waals surface area contributed by atoms with Crippen LogP contribution in [0, 0.1) is 5.82 Å². The molecule has 0 radical (unpaired) electrons. The summed E-state index contributed by atoms with van der Waals surface area (Å²) in [6.07, 6.45) is 1.33. The number of halogens is 2. The van der Waals surface area contributed by atoms with E-state index in [1.807, 2.05) is 0 Å². The molecule has 0 bridgehead atoms. The van der Waals surface area contributed by atoms with E-state index in [9.17, 15) is 18.8 Å². The SMILES string of the molecule is CC(C)NC(=O)CN(C(=O)CCC(=O)Nc1nccs1)c1ccc(F)c(Cl)c1. The molecule has 0 atom stereocenters. The third-order valence-corrected chi connectivity index (χ3v) is 4.49. The molecule has 2 N–H and O–H groups in total. The van der Waals surface area contributed by atoms with Crippen molar-refractivity contribution >= 4 is 51.5 Å². The van der Waals surface area contributed by atoms with E-state index in [4.69, 9.17) is 11.6 Å². The predicted molar refractivity (Wildman–Crippen MR) is 107 cm³/mol. The highest BCUT2D eigenvalue weighted by molar-refractivity contribution is 7.13. The Morgan fingerprint density at radius 2 is 2.00 bits per heavy atom. The van der Waals surface area contributed by atoms with Gasteiger partial charge in [-0.05, 0) is 32.0 Å². The van der Waals surface area contributed by atoms with Gasteiger partial charge >= 0.3 is 0 Å². The molecule has 1 aromatic heterocycles. The number of nitrogens with one attached hydrogen (secondary N) is 2. The Morgan fingerprint density at radius 1 is 1.25 bits per heavy atom. The Kier molecular flexibility index (Phi) is 7.89. The molecule has 0 aliphatic rings. The lowest BCUT2D eigenvalue weighted by Crippen LogP contribution is -2.43. The maximum absolute atomic E-state index is 13.5. The van der Waals surface area contributed by atoms with E-state index in [0.717, 1.165) is 6.07 Å². The third-order valence-electron chi connectivity index (χ3n) is 3.51. The van der Waals surface area contributed by atoms with Crippen LogP contribution in [0.15, 0.2) is 29.8 Å². The van der Waals surface area contributed by atoms with Gasteiger partial charge in [-0.1, -0.05) is 11.6 Å². The molecule has 150 valence electrons. The predicted octanol–water partition coefficient (Wildman–Crippen LogP) is 3.21. The first-order valence-corrected chi connectivity index (χ1v) is 9.76. The summed E-state index contributed by atoms with van der Waals surface area (Å²) < 4.78 is 13.5. The van der Waals surface area contributed by atoms with Crippen molar-refractivity contribution in [2.75, 3.05) is 16.8 Å². The van der Waals surface area contributed by atoms with Crippen LogP contribution in [0.5, 0.6) is 0 Å². The highest BCUT2D eigenvalue weighted by Crippen LogP contribution is 2.23. The number of carbonyl (C=O) groups is 3. The number of carbonyl (C=O) groups excluding carboxylic acids is 3. The largest absolute Gasteiger partial charge is 0.352 e. The van der Waals surface area contributed by atoms with Gasteiger partial charge in [0, 0.05) is 36.1 Å². The smallest absolute Gasteiger partial charge is 0.240 e. The standard InChI is InChI=1S/C18H20ClFN4O3S/c1-11(2)22-16(26)10-24(12-3-4-14(20)13(19)9-12)17(27)6-5-15(25)23-18-21-7-8-28-18/h3-4,7-9,11H,5-6,10H2,1-2H3,(H,22,26)(H,21,23,25). The minimum atomic E-state index is -0.632. The zero-order chi connectivity index (χ0) is 20.7. The summed E-state index contributed by atoms with van der Waals surface area (Å²) >= 11 is 7.07. The number of amides is 3. The van der Waals surface area contributed by atoms with E-state index < -0.39 is 11.7 Å². The second-order valence-electron chi connectivity index (χ2n) is 6.19. The van der Waals surface area contributed by atoms with Gasteiger partial charge < -0.3 is 15.5 Å². The van der Waals surface area contributed by atoms with Crippen molar-refractivity contribution < 1.29 is 18.8 Å². The highest BCUT2D eigenvalue weighted by Gasteiger charge is 2.21. The number of anilines is 2. The van der Waals surface area contributed by atoms with Gasteiger partial charge in [0.25, 0.3) is 0 Å². The minimum absolute atomic E-state index is 0.0877. The number of nitrogens with zero attached hydrogens (tertiary/aromatic N) is 2. The fraction of sp³-hybridized carbons (Fsp3) is 0.333. The van der Waals surface area contributed by atoms with E-state index in [0.29, 0.717) is 5.13 Å². The van der Waals surface area contributed by atoms with Crippen molar-refractivity contribution in [3.05, 3.63) is 40.6 Å². The van der Waals surface area contributed by atoms with Crippen molar-refractivity contribution in [2.45, 2.75) is 32.7 Å². The molecule has 0 aliphatic heterocycles. The number of hydrogen-bond acceptors (Lipinski definition) is 5. The van der Waals surface area contributed by atoms with Gasteiger partial charge in [0.1, 0.15) is 12.4 Å². The van der Waals surface area contributed by atoms with Crippen LogP contribution in [0.4, 0.5) is 15.2 Å². The molecule has 0 aliphatic carbocycles. The Balaban J connectivity index is 2.08. The summed E-state index contributed by atoms with van der Waals surface area (Å²) in [6, 6.07) is 3.64. The van der Waals surface area contributed by atoms with Gasteiger partial charge in [-0.15, -0.1) is 11.3 Å². The molecule has 2 aromatic rings. The molecule has 10 heteroatoms. The summed E-state index contributed by atoms with van der Waals surface area (Å²) in [5.74, 6) is -1.84. The summed E-state index contributed by atoms with van der Waals surface area (Å²) in [5.41, 5.74) is 0.274. The van der Waals surface area contributed by atoms with Crippen LogP contribution in [0.3, 0.4) is 0 Å². The lowest BCUT2D eigenvalue weighted by molar-refractivity contribution is -0.125. The molecule has 3 amide bonds. The van der Waals surface area contributed by atoms with Crippen molar-refractivity contribution in [1.29, 1.82) is 0 Å². The second-order valence-corrected chi connectivity index (χ2v) is 7.49. The Bertz CT molecular complexity index is 845. The van der Waals surface area contributed by atoms with Crippen LogP contribution in [-0.4, -0.2) is 35.3 Å². The summed E-state index contributed by atoms with van der Waals surface area (Å²) in [4.78, 5) is 41.9. The molecule has 28 heavy (non-hydrogen) atoms.